The second-order valence-electron chi connectivity index (χ2n) is 8.97. The van der Waals surface area contributed by atoms with Crippen LogP contribution in [0.2, 0.25) is 0 Å². The molecule has 170 valence electrons. The number of rotatable bonds is 4. The lowest BCUT2D eigenvalue weighted by molar-refractivity contribution is -0.147. The van der Waals surface area contributed by atoms with E-state index < -0.39 is 11.9 Å². The van der Waals surface area contributed by atoms with Crippen molar-refractivity contribution in [3.8, 4) is 17.2 Å². The highest BCUT2D eigenvalue weighted by Crippen LogP contribution is 2.35. The van der Waals surface area contributed by atoms with E-state index in [4.69, 9.17) is 9.84 Å². The number of amides is 2. The fraction of sp³-hybridized carbons (Fsp3) is 0.375. The van der Waals surface area contributed by atoms with Gasteiger partial charge in [0.05, 0.1) is 5.56 Å². The molecule has 0 aromatic heterocycles. The van der Waals surface area contributed by atoms with Gasteiger partial charge in [0.25, 0.3) is 5.91 Å². The first-order valence-electron chi connectivity index (χ1n) is 10.4. The van der Waals surface area contributed by atoms with Gasteiger partial charge in [-0.15, -0.1) is 0 Å². The molecular weight excluding hydrogens is 412 g/mol. The van der Waals surface area contributed by atoms with E-state index in [1.54, 1.807) is 36.9 Å². The van der Waals surface area contributed by atoms with Gasteiger partial charge in [0, 0.05) is 18.8 Å². The topological polar surface area (TPSA) is 116 Å². The van der Waals surface area contributed by atoms with Crippen LogP contribution in [0.3, 0.4) is 0 Å². The molecule has 2 amide bonds. The van der Waals surface area contributed by atoms with Crippen molar-refractivity contribution in [3.63, 3.8) is 0 Å². The van der Waals surface area contributed by atoms with Crippen molar-refractivity contribution in [1.29, 1.82) is 0 Å². The summed E-state index contributed by atoms with van der Waals surface area (Å²) in [5, 5.41) is 21.4. The number of nitrogens with one attached hydrogen (secondary N) is 1. The van der Waals surface area contributed by atoms with Gasteiger partial charge in [-0.3, -0.25) is 9.59 Å². The molecule has 0 saturated carbocycles. The van der Waals surface area contributed by atoms with E-state index >= 15 is 0 Å². The van der Waals surface area contributed by atoms with Crippen LogP contribution in [0.1, 0.15) is 48.2 Å². The van der Waals surface area contributed by atoms with Gasteiger partial charge >= 0.3 is 11.9 Å². The summed E-state index contributed by atoms with van der Waals surface area (Å²) in [5.74, 6) is -2.14. The first-order valence-corrected chi connectivity index (χ1v) is 10.4. The molecule has 0 atom stereocenters. The summed E-state index contributed by atoms with van der Waals surface area (Å²) in [7, 11) is 0. The Morgan fingerprint density at radius 1 is 1.09 bits per heavy atom. The van der Waals surface area contributed by atoms with Crippen LogP contribution >= 0.6 is 0 Å². The average molecular weight is 440 g/mol. The van der Waals surface area contributed by atoms with Crippen LogP contribution in [-0.4, -0.2) is 46.0 Å². The highest BCUT2D eigenvalue weighted by atomic mass is 16.5. The number of aryl methyl sites for hydroxylation is 2. The molecule has 1 aliphatic rings. The fourth-order valence-corrected chi connectivity index (χ4v) is 4.00. The fourth-order valence-electron chi connectivity index (χ4n) is 4.00. The quantitative estimate of drug-likeness (QED) is 0.617. The molecule has 3 rings (SSSR count). The van der Waals surface area contributed by atoms with E-state index in [0.717, 1.165) is 12.8 Å². The number of piperidine rings is 1. The number of hydrogen-bond acceptors (Lipinski definition) is 5. The van der Waals surface area contributed by atoms with Crippen LogP contribution in [0.15, 0.2) is 30.3 Å². The molecule has 0 spiro atoms. The van der Waals surface area contributed by atoms with Crippen molar-refractivity contribution in [1.82, 2.24) is 4.90 Å². The molecule has 1 fully saturated rings. The third-order valence-corrected chi connectivity index (χ3v) is 5.52. The lowest BCUT2D eigenvalue weighted by Crippen LogP contribution is -2.43. The molecule has 32 heavy (non-hydrogen) atoms. The number of anilines is 1. The smallest absolute Gasteiger partial charge is 0.394 e. The minimum atomic E-state index is -1.57. The number of carbonyl (C=O) groups excluding carboxylic acids is 2. The minimum Gasteiger partial charge on any atom is -0.507 e. The molecule has 0 radical (unpaired) electrons. The van der Waals surface area contributed by atoms with Crippen molar-refractivity contribution < 1.29 is 29.3 Å². The van der Waals surface area contributed by atoms with Gasteiger partial charge < -0.3 is 25.2 Å². The van der Waals surface area contributed by atoms with Crippen LogP contribution in [0.25, 0.3) is 0 Å². The molecule has 2 aromatic rings. The van der Waals surface area contributed by atoms with E-state index in [0.29, 0.717) is 41.4 Å². The second kappa shape index (κ2) is 8.90. The summed E-state index contributed by atoms with van der Waals surface area (Å²) in [4.78, 5) is 37.0. The van der Waals surface area contributed by atoms with Gasteiger partial charge in [0.15, 0.2) is 0 Å². The van der Waals surface area contributed by atoms with Crippen molar-refractivity contribution in [2.45, 2.75) is 40.5 Å². The third kappa shape index (κ3) is 5.19. The first kappa shape index (κ1) is 23.1. The van der Waals surface area contributed by atoms with Crippen LogP contribution in [0.5, 0.6) is 17.2 Å². The summed E-state index contributed by atoms with van der Waals surface area (Å²) in [6.07, 6.45) is 1.96. The maximum absolute atomic E-state index is 13.1. The number of benzene rings is 2. The Morgan fingerprint density at radius 3 is 2.34 bits per heavy atom. The van der Waals surface area contributed by atoms with Gasteiger partial charge in [-0.25, -0.2) is 4.79 Å². The van der Waals surface area contributed by atoms with E-state index in [-0.39, 0.29) is 22.6 Å². The van der Waals surface area contributed by atoms with E-state index in [1.807, 2.05) is 0 Å². The van der Waals surface area contributed by atoms with Gasteiger partial charge in [-0.1, -0.05) is 13.8 Å². The standard InChI is InChI=1S/C24H28N2O6/c1-14-10-16(25-21(28)23(30)31)11-15(2)20(14)32-17-6-7-19(27)18(12-17)22(29)26-9-5-8-24(3,4)13-26/h6-7,10-12,27H,5,8-9,13H2,1-4H3,(H,25,28)(H,30,31). The van der Waals surface area contributed by atoms with Gasteiger partial charge in [0.2, 0.25) is 0 Å². The lowest BCUT2D eigenvalue weighted by Gasteiger charge is -2.38. The van der Waals surface area contributed by atoms with Gasteiger partial charge in [-0.05, 0) is 73.6 Å². The van der Waals surface area contributed by atoms with E-state index in [9.17, 15) is 19.5 Å². The Bertz CT molecular complexity index is 1050. The highest BCUT2D eigenvalue weighted by Gasteiger charge is 2.30. The SMILES string of the molecule is Cc1cc(NC(=O)C(=O)O)cc(C)c1Oc1ccc(O)c(C(=O)N2CCCC(C)(C)C2)c1. The van der Waals surface area contributed by atoms with E-state index in [1.165, 1.54) is 12.1 Å². The Balaban J connectivity index is 1.84. The van der Waals surface area contributed by atoms with Crippen molar-refractivity contribution in [2.75, 3.05) is 18.4 Å². The zero-order valence-corrected chi connectivity index (χ0v) is 18.7. The predicted molar refractivity (Wildman–Crippen MR) is 119 cm³/mol. The summed E-state index contributed by atoms with van der Waals surface area (Å²) in [5.41, 5.74) is 1.90. The molecule has 0 bridgehead atoms. The minimum absolute atomic E-state index is 0.0314. The first-order chi connectivity index (χ1) is 15.0. The maximum Gasteiger partial charge on any atom is 0.394 e. The molecule has 8 nitrogen and oxygen atoms in total. The number of carboxylic acid groups (broad SMARTS) is 1. The number of nitrogens with zero attached hydrogens (tertiary/aromatic N) is 1. The predicted octanol–water partition coefficient (Wildman–Crippen LogP) is 4.09. The summed E-state index contributed by atoms with van der Waals surface area (Å²) >= 11 is 0. The number of aromatic hydroxyl groups is 1. The second-order valence-corrected chi connectivity index (χ2v) is 8.97. The molecule has 1 saturated heterocycles. The largest absolute Gasteiger partial charge is 0.507 e. The normalized spacial score (nSPS) is 15.2. The third-order valence-electron chi connectivity index (χ3n) is 5.52. The average Bonchev–Trinajstić information content (AvgIpc) is 2.70. The molecule has 8 heteroatoms. The summed E-state index contributed by atoms with van der Waals surface area (Å²) in [6, 6.07) is 7.74. The highest BCUT2D eigenvalue weighted by molar-refractivity contribution is 6.36. The molecule has 0 unspecified atom stereocenters. The zero-order valence-electron chi connectivity index (χ0n) is 18.7. The van der Waals surface area contributed by atoms with Crippen LogP contribution in [-0.2, 0) is 9.59 Å². The molecule has 1 aliphatic heterocycles. The Morgan fingerprint density at radius 2 is 1.75 bits per heavy atom. The number of likely N-dealkylation sites (tertiary alicyclic amines) is 1. The Hall–Kier alpha value is -3.55. The number of ether oxygens (including phenoxy) is 1. The van der Waals surface area contributed by atoms with Crippen molar-refractivity contribution in [2.24, 2.45) is 5.41 Å². The summed E-state index contributed by atoms with van der Waals surface area (Å²) in [6.45, 7) is 9.05. The van der Waals surface area contributed by atoms with Crippen LogP contribution < -0.4 is 10.1 Å². The van der Waals surface area contributed by atoms with Crippen LogP contribution in [0.4, 0.5) is 5.69 Å². The Kier molecular flexibility index (Phi) is 6.43. The van der Waals surface area contributed by atoms with E-state index in [2.05, 4.69) is 19.2 Å². The monoisotopic (exact) mass is 440 g/mol. The van der Waals surface area contributed by atoms with Gasteiger partial charge in [-0.2, -0.15) is 0 Å². The molecule has 0 aliphatic carbocycles. The summed E-state index contributed by atoms with van der Waals surface area (Å²) < 4.78 is 6.01. The maximum atomic E-state index is 13.1. The number of phenolic OH excluding ortho intramolecular Hbond substituents is 1. The lowest BCUT2D eigenvalue weighted by atomic mass is 9.84. The number of phenols is 1. The zero-order chi connectivity index (χ0) is 23.6. The van der Waals surface area contributed by atoms with Gasteiger partial charge in [0.1, 0.15) is 17.2 Å². The number of carbonyl (C=O) groups is 3. The van der Waals surface area contributed by atoms with Crippen LogP contribution in [0, 0.1) is 19.3 Å². The molecule has 3 N–H and O–H groups in total. The molecule has 2 aromatic carbocycles. The number of hydrogen-bond donors (Lipinski definition) is 3. The Labute approximate surface area is 186 Å². The van der Waals surface area contributed by atoms with Crippen molar-refractivity contribution in [3.05, 3.63) is 47.0 Å². The molecule has 1 heterocycles. The number of aliphatic carboxylic acids is 1. The van der Waals surface area contributed by atoms with Crippen molar-refractivity contribution >= 4 is 23.5 Å². The molecular formula is C24H28N2O6. The number of carboxylic acids is 1.